The molecular weight excluding hydrogens is 272 g/mol. The van der Waals surface area contributed by atoms with Crippen LogP contribution in [0.25, 0.3) is 0 Å². The van der Waals surface area contributed by atoms with Crippen molar-refractivity contribution in [1.82, 2.24) is 9.36 Å². The lowest BCUT2D eigenvalue weighted by Crippen LogP contribution is -2.12. The average Bonchev–Trinajstić information content (AvgIpc) is 2.93. The Morgan fingerprint density at radius 3 is 3.00 bits per heavy atom. The highest BCUT2D eigenvalue weighted by atomic mass is 32.1. The van der Waals surface area contributed by atoms with E-state index in [1.165, 1.54) is 11.5 Å². The monoisotopic (exact) mass is 292 g/mol. The Hall–Kier alpha value is -1.50. The number of nitrogens with zero attached hydrogens (tertiary/aromatic N) is 2. The zero-order valence-electron chi connectivity index (χ0n) is 11.6. The molecule has 0 amide bonds. The molecule has 1 unspecified atom stereocenters. The number of rotatable bonds is 7. The zero-order valence-corrected chi connectivity index (χ0v) is 12.4. The minimum atomic E-state index is -0.0601. The predicted octanol–water partition coefficient (Wildman–Crippen LogP) is 1.88. The number of benzene rings is 1. The van der Waals surface area contributed by atoms with Gasteiger partial charge in [0.05, 0.1) is 13.2 Å². The van der Waals surface area contributed by atoms with E-state index in [9.17, 15) is 0 Å². The first-order valence-corrected chi connectivity index (χ1v) is 7.41. The Kier molecular flexibility index (Phi) is 5.46. The summed E-state index contributed by atoms with van der Waals surface area (Å²) in [4.78, 5) is 4.51. The second-order valence-corrected chi connectivity index (χ2v) is 5.40. The summed E-state index contributed by atoms with van der Waals surface area (Å²) in [6.07, 6.45) is 2.45. The van der Waals surface area contributed by atoms with Crippen LogP contribution in [0.1, 0.15) is 35.3 Å². The lowest BCUT2D eigenvalue weighted by atomic mass is 10.1. The van der Waals surface area contributed by atoms with Gasteiger partial charge in [0.25, 0.3) is 0 Å². The Labute approximate surface area is 123 Å². The molecule has 1 atom stereocenters. The van der Waals surface area contributed by atoms with E-state index in [1.54, 1.807) is 7.11 Å². The Morgan fingerprint density at radius 1 is 1.40 bits per heavy atom. The van der Waals surface area contributed by atoms with E-state index in [1.807, 2.05) is 24.3 Å². The van der Waals surface area contributed by atoms with Crippen molar-refractivity contribution >= 4 is 11.5 Å². The molecule has 108 valence electrons. The predicted molar refractivity (Wildman–Crippen MR) is 80.9 cm³/mol. The van der Waals surface area contributed by atoms with Gasteiger partial charge >= 0.3 is 0 Å². The minimum Gasteiger partial charge on any atom is -0.497 e. The van der Waals surface area contributed by atoms with Crippen LogP contribution in [0.2, 0.25) is 0 Å². The van der Waals surface area contributed by atoms with E-state index < -0.39 is 0 Å². The van der Waals surface area contributed by atoms with Crippen molar-refractivity contribution in [3.63, 3.8) is 0 Å². The topological polar surface area (TPSA) is 87.0 Å². The first kappa shape index (κ1) is 14.9. The molecule has 1 heterocycles. The molecule has 0 saturated heterocycles. The second-order valence-electron chi connectivity index (χ2n) is 4.61. The van der Waals surface area contributed by atoms with Gasteiger partial charge in [-0.25, -0.2) is 4.98 Å². The number of methoxy groups -OCH3 is 1. The molecule has 1 aromatic carbocycles. The van der Waals surface area contributed by atoms with Crippen molar-refractivity contribution in [3.8, 4) is 5.75 Å². The van der Waals surface area contributed by atoms with Gasteiger partial charge in [0.15, 0.2) is 0 Å². The highest BCUT2D eigenvalue weighted by Gasteiger charge is 2.12. The van der Waals surface area contributed by atoms with E-state index in [-0.39, 0.29) is 6.04 Å². The highest BCUT2D eigenvalue weighted by Crippen LogP contribution is 2.20. The summed E-state index contributed by atoms with van der Waals surface area (Å²) in [6.45, 7) is 0.656. The first-order valence-electron chi connectivity index (χ1n) is 6.64. The number of aromatic nitrogens is 2. The largest absolute Gasteiger partial charge is 0.497 e. The number of ether oxygens (including phenoxy) is 1. The summed E-state index contributed by atoms with van der Waals surface area (Å²) in [5.41, 5.74) is 12.7. The molecule has 2 rings (SSSR count). The fourth-order valence-corrected chi connectivity index (χ4v) is 2.62. The summed E-state index contributed by atoms with van der Waals surface area (Å²) in [5.74, 6) is 1.65. The molecule has 0 spiro atoms. The van der Waals surface area contributed by atoms with Gasteiger partial charge < -0.3 is 16.2 Å². The Balaban J connectivity index is 2.01. The standard InChI is InChI=1S/C14H20N4OS/c1-19-11-5-2-4-10(8-11)9-13-17-14(20-18-13)12(16)6-3-7-15/h2,4-5,8,12H,3,6-7,9,15-16H2,1H3. The quantitative estimate of drug-likeness (QED) is 0.813. The molecule has 6 heteroatoms. The third kappa shape index (κ3) is 4.00. The van der Waals surface area contributed by atoms with Crippen LogP contribution in [0, 0.1) is 0 Å². The van der Waals surface area contributed by atoms with Crippen molar-refractivity contribution in [2.75, 3.05) is 13.7 Å². The van der Waals surface area contributed by atoms with Crippen LogP contribution >= 0.6 is 11.5 Å². The van der Waals surface area contributed by atoms with Gasteiger partial charge in [0, 0.05) is 6.42 Å². The third-order valence-electron chi connectivity index (χ3n) is 3.02. The van der Waals surface area contributed by atoms with Crippen molar-refractivity contribution in [2.24, 2.45) is 11.5 Å². The van der Waals surface area contributed by atoms with Crippen LogP contribution in [0.3, 0.4) is 0 Å². The Bertz CT molecular complexity index is 543. The number of nitrogens with two attached hydrogens (primary N) is 2. The molecule has 0 fully saturated rings. The fraction of sp³-hybridized carbons (Fsp3) is 0.429. The van der Waals surface area contributed by atoms with Crippen molar-refractivity contribution in [3.05, 3.63) is 40.7 Å². The van der Waals surface area contributed by atoms with Gasteiger partial charge in [-0.05, 0) is 48.6 Å². The van der Waals surface area contributed by atoms with E-state index >= 15 is 0 Å². The maximum atomic E-state index is 6.07. The van der Waals surface area contributed by atoms with Gasteiger partial charge in [-0.1, -0.05) is 12.1 Å². The molecule has 0 aliphatic rings. The van der Waals surface area contributed by atoms with Crippen LogP contribution < -0.4 is 16.2 Å². The zero-order chi connectivity index (χ0) is 14.4. The normalized spacial score (nSPS) is 12.3. The maximum absolute atomic E-state index is 6.07. The molecule has 0 radical (unpaired) electrons. The summed E-state index contributed by atoms with van der Waals surface area (Å²) in [5, 5.41) is 0.886. The van der Waals surface area contributed by atoms with E-state index in [2.05, 4.69) is 9.36 Å². The molecule has 4 N–H and O–H groups in total. The van der Waals surface area contributed by atoms with Gasteiger partial charge in [-0.2, -0.15) is 4.37 Å². The number of hydrogen-bond donors (Lipinski definition) is 2. The van der Waals surface area contributed by atoms with Crippen molar-refractivity contribution in [1.29, 1.82) is 0 Å². The van der Waals surface area contributed by atoms with Crippen LogP contribution in [0.15, 0.2) is 24.3 Å². The SMILES string of the molecule is COc1cccc(Cc2nsc(C(N)CCCN)n2)c1. The second kappa shape index (κ2) is 7.33. The molecule has 20 heavy (non-hydrogen) atoms. The summed E-state index contributed by atoms with van der Waals surface area (Å²) in [6, 6.07) is 7.86. The molecule has 2 aromatic rings. The van der Waals surface area contributed by atoms with Crippen LogP contribution in [0.4, 0.5) is 0 Å². The number of hydrogen-bond acceptors (Lipinski definition) is 6. The van der Waals surface area contributed by atoms with Crippen molar-refractivity contribution < 1.29 is 4.74 Å². The minimum absolute atomic E-state index is 0.0601. The average molecular weight is 292 g/mol. The maximum Gasteiger partial charge on any atom is 0.147 e. The molecule has 0 bridgehead atoms. The van der Waals surface area contributed by atoms with Crippen LogP contribution in [0.5, 0.6) is 5.75 Å². The lowest BCUT2D eigenvalue weighted by Gasteiger charge is -2.05. The smallest absolute Gasteiger partial charge is 0.147 e. The van der Waals surface area contributed by atoms with Gasteiger partial charge in [-0.3, -0.25) is 0 Å². The van der Waals surface area contributed by atoms with E-state index in [0.717, 1.165) is 35.0 Å². The molecule has 5 nitrogen and oxygen atoms in total. The molecule has 0 aliphatic heterocycles. The van der Waals surface area contributed by atoms with E-state index in [0.29, 0.717) is 13.0 Å². The molecule has 0 aliphatic carbocycles. The molecule has 0 saturated carbocycles. The van der Waals surface area contributed by atoms with Gasteiger partial charge in [-0.15, -0.1) is 0 Å². The summed E-state index contributed by atoms with van der Waals surface area (Å²) >= 11 is 1.38. The van der Waals surface area contributed by atoms with Crippen molar-refractivity contribution in [2.45, 2.75) is 25.3 Å². The van der Waals surface area contributed by atoms with Gasteiger partial charge in [0.1, 0.15) is 16.6 Å². The third-order valence-corrected chi connectivity index (χ3v) is 3.90. The highest BCUT2D eigenvalue weighted by molar-refractivity contribution is 7.05. The fourth-order valence-electron chi connectivity index (χ4n) is 1.92. The van der Waals surface area contributed by atoms with E-state index in [4.69, 9.17) is 16.2 Å². The molecular formula is C14H20N4OS. The van der Waals surface area contributed by atoms with Crippen LogP contribution in [-0.4, -0.2) is 23.0 Å². The first-order chi connectivity index (χ1) is 9.72. The molecule has 1 aromatic heterocycles. The van der Waals surface area contributed by atoms with Gasteiger partial charge in [0.2, 0.25) is 0 Å². The Morgan fingerprint density at radius 2 is 2.25 bits per heavy atom. The van der Waals surface area contributed by atoms with Crippen LogP contribution in [-0.2, 0) is 6.42 Å². The summed E-state index contributed by atoms with van der Waals surface area (Å²) in [7, 11) is 1.66. The summed E-state index contributed by atoms with van der Waals surface area (Å²) < 4.78 is 9.58. The lowest BCUT2D eigenvalue weighted by molar-refractivity contribution is 0.414.